The topological polar surface area (TPSA) is 95.9 Å². The average Bonchev–Trinajstić information content (AvgIpc) is 2.35. The molecule has 1 atom stereocenters. The van der Waals surface area contributed by atoms with Crippen molar-refractivity contribution in [2.45, 2.75) is 12.5 Å². The molecule has 6 nitrogen and oxygen atoms in total. The molecule has 3 N–H and O–H groups in total. The van der Waals surface area contributed by atoms with Crippen LogP contribution in [-0.2, 0) is 4.79 Å². The molecule has 0 aliphatic carbocycles. The normalized spacial score (nSPS) is 11.7. The molecule has 1 aromatic rings. The Kier molecular flexibility index (Phi) is 5.13. The molecule has 0 aliphatic rings. The van der Waals surface area contributed by atoms with E-state index in [4.69, 9.17) is 9.84 Å². The molecule has 0 saturated carbocycles. The number of methoxy groups -OCH3 is 1. The van der Waals surface area contributed by atoms with Gasteiger partial charge in [-0.25, -0.2) is 0 Å². The number of aliphatic hydroxyl groups excluding tert-OH is 1. The van der Waals surface area contributed by atoms with E-state index in [2.05, 4.69) is 5.32 Å². The molecule has 0 aliphatic heterocycles. The SMILES string of the molecule is COc1ccc(C(=O)NC[C@@H](O)CC(=O)O)cc1. The summed E-state index contributed by atoms with van der Waals surface area (Å²) in [6.45, 7) is -0.100. The molecule has 1 rings (SSSR count). The fraction of sp³-hybridized carbons (Fsp3) is 0.333. The third-order valence-electron chi connectivity index (χ3n) is 2.26. The molecule has 98 valence electrons. The van der Waals surface area contributed by atoms with Gasteiger partial charge in [-0.05, 0) is 24.3 Å². The molecule has 18 heavy (non-hydrogen) atoms. The van der Waals surface area contributed by atoms with Crippen molar-refractivity contribution in [2.24, 2.45) is 0 Å². The maximum absolute atomic E-state index is 11.6. The lowest BCUT2D eigenvalue weighted by Gasteiger charge is -2.09. The van der Waals surface area contributed by atoms with E-state index in [9.17, 15) is 14.7 Å². The van der Waals surface area contributed by atoms with Gasteiger partial charge in [0.05, 0.1) is 19.6 Å². The first-order chi connectivity index (χ1) is 8.52. The first-order valence-corrected chi connectivity index (χ1v) is 5.35. The highest BCUT2D eigenvalue weighted by Crippen LogP contribution is 2.10. The highest BCUT2D eigenvalue weighted by Gasteiger charge is 2.11. The quantitative estimate of drug-likeness (QED) is 0.676. The van der Waals surface area contributed by atoms with E-state index in [0.29, 0.717) is 11.3 Å². The van der Waals surface area contributed by atoms with E-state index in [-0.39, 0.29) is 12.5 Å². The number of rotatable bonds is 6. The second kappa shape index (κ2) is 6.61. The van der Waals surface area contributed by atoms with E-state index >= 15 is 0 Å². The van der Waals surface area contributed by atoms with Crippen LogP contribution in [0.25, 0.3) is 0 Å². The second-order valence-corrected chi connectivity index (χ2v) is 3.69. The zero-order valence-electron chi connectivity index (χ0n) is 9.92. The van der Waals surface area contributed by atoms with Gasteiger partial charge in [-0.3, -0.25) is 9.59 Å². The molecule has 0 fully saturated rings. The number of carbonyl (C=O) groups is 2. The highest BCUT2D eigenvalue weighted by atomic mass is 16.5. The van der Waals surface area contributed by atoms with E-state index < -0.39 is 18.5 Å². The lowest BCUT2D eigenvalue weighted by atomic mass is 10.2. The van der Waals surface area contributed by atoms with Gasteiger partial charge in [0, 0.05) is 12.1 Å². The summed E-state index contributed by atoms with van der Waals surface area (Å²) >= 11 is 0. The number of aliphatic hydroxyl groups is 1. The van der Waals surface area contributed by atoms with Crippen LogP contribution in [0.2, 0.25) is 0 Å². The first kappa shape index (κ1) is 14.0. The van der Waals surface area contributed by atoms with Crippen LogP contribution in [0, 0.1) is 0 Å². The Labute approximate surface area is 104 Å². The van der Waals surface area contributed by atoms with Gasteiger partial charge in [0.15, 0.2) is 0 Å². The van der Waals surface area contributed by atoms with E-state index in [1.165, 1.54) is 7.11 Å². The molecule has 0 aromatic heterocycles. The second-order valence-electron chi connectivity index (χ2n) is 3.69. The van der Waals surface area contributed by atoms with Crippen molar-refractivity contribution in [3.63, 3.8) is 0 Å². The van der Waals surface area contributed by atoms with Gasteiger partial charge in [0.2, 0.25) is 0 Å². The number of aliphatic carboxylic acids is 1. The van der Waals surface area contributed by atoms with Gasteiger partial charge in [-0.2, -0.15) is 0 Å². The van der Waals surface area contributed by atoms with Crippen LogP contribution in [0.5, 0.6) is 5.75 Å². The summed E-state index contributed by atoms with van der Waals surface area (Å²) in [5.41, 5.74) is 0.415. The maximum atomic E-state index is 11.6. The van der Waals surface area contributed by atoms with Gasteiger partial charge < -0.3 is 20.3 Å². The zero-order chi connectivity index (χ0) is 13.5. The minimum atomic E-state index is -1.11. The largest absolute Gasteiger partial charge is 0.497 e. The Morgan fingerprint density at radius 1 is 1.33 bits per heavy atom. The lowest BCUT2D eigenvalue weighted by Crippen LogP contribution is -2.33. The third-order valence-corrected chi connectivity index (χ3v) is 2.26. The van der Waals surface area contributed by atoms with Crippen molar-refractivity contribution < 1.29 is 24.5 Å². The number of carboxylic acids is 1. The molecule has 6 heteroatoms. The minimum absolute atomic E-state index is 0.100. The molecule has 0 unspecified atom stereocenters. The molecule has 1 amide bonds. The fourth-order valence-corrected chi connectivity index (χ4v) is 1.33. The predicted molar refractivity (Wildman–Crippen MR) is 63.6 cm³/mol. The molecule has 0 saturated heterocycles. The molecular weight excluding hydrogens is 238 g/mol. The lowest BCUT2D eigenvalue weighted by molar-refractivity contribution is -0.139. The average molecular weight is 253 g/mol. The standard InChI is InChI=1S/C12H15NO5/c1-18-10-4-2-8(3-5-10)12(17)13-7-9(14)6-11(15)16/h2-5,9,14H,6-7H2,1H3,(H,13,17)(H,15,16)/t9-/m0/s1. The van der Waals surface area contributed by atoms with Crippen LogP contribution in [0.15, 0.2) is 24.3 Å². The molecule has 1 aromatic carbocycles. The summed E-state index contributed by atoms with van der Waals surface area (Å²) in [4.78, 5) is 21.9. The molecule has 0 spiro atoms. The number of ether oxygens (including phenoxy) is 1. The van der Waals surface area contributed by atoms with Crippen molar-refractivity contribution in [1.29, 1.82) is 0 Å². The Morgan fingerprint density at radius 3 is 2.44 bits per heavy atom. The van der Waals surface area contributed by atoms with Crippen LogP contribution < -0.4 is 10.1 Å². The number of amides is 1. The van der Waals surface area contributed by atoms with Gasteiger partial charge in [-0.15, -0.1) is 0 Å². The van der Waals surface area contributed by atoms with E-state index in [0.717, 1.165) is 0 Å². The highest BCUT2D eigenvalue weighted by molar-refractivity contribution is 5.94. The van der Waals surface area contributed by atoms with Crippen molar-refractivity contribution in [3.05, 3.63) is 29.8 Å². The summed E-state index contributed by atoms with van der Waals surface area (Å²) in [6, 6.07) is 6.45. The van der Waals surface area contributed by atoms with Crippen molar-refractivity contribution in [3.8, 4) is 5.75 Å². The van der Waals surface area contributed by atoms with Crippen LogP contribution in [0.3, 0.4) is 0 Å². The Morgan fingerprint density at radius 2 is 1.94 bits per heavy atom. The molecular formula is C12H15NO5. The van der Waals surface area contributed by atoms with Crippen LogP contribution >= 0.6 is 0 Å². The Hall–Kier alpha value is -2.08. The monoisotopic (exact) mass is 253 g/mol. The predicted octanol–water partition coefficient (Wildman–Crippen LogP) is 0.261. The number of hydrogen-bond donors (Lipinski definition) is 3. The number of nitrogens with one attached hydrogen (secondary N) is 1. The summed E-state index contributed by atoms with van der Waals surface area (Å²) in [5, 5.41) is 20.2. The first-order valence-electron chi connectivity index (χ1n) is 5.35. The fourth-order valence-electron chi connectivity index (χ4n) is 1.33. The number of carboxylic acid groups (broad SMARTS) is 1. The maximum Gasteiger partial charge on any atom is 0.306 e. The Bertz CT molecular complexity index is 415. The third kappa shape index (κ3) is 4.42. The minimum Gasteiger partial charge on any atom is -0.497 e. The number of carbonyl (C=O) groups excluding carboxylic acids is 1. The number of hydrogen-bond acceptors (Lipinski definition) is 4. The molecule has 0 heterocycles. The van der Waals surface area contributed by atoms with Gasteiger partial charge in [-0.1, -0.05) is 0 Å². The summed E-state index contributed by atoms with van der Waals surface area (Å²) in [7, 11) is 1.53. The van der Waals surface area contributed by atoms with Gasteiger partial charge in [0.25, 0.3) is 5.91 Å². The molecule has 0 radical (unpaired) electrons. The Balaban J connectivity index is 2.47. The van der Waals surface area contributed by atoms with Crippen LogP contribution in [0.1, 0.15) is 16.8 Å². The van der Waals surface area contributed by atoms with Crippen LogP contribution in [-0.4, -0.2) is 41.8 Å². The number of benzene rings is 1. The van der Waals surface area contributed by atoms with Crippen molar-refractivity contribution in [1.82, 2.24) is 5.32 Å². The van der Waals surface area contributed by atoms with Gasteiger partial charge >= 0.3 is 5.97 Å². The van der Waals surface area contributed by atoms with Crippen molar-refractivity contribution >= 4 is 11.9 Å². The summed E-state index contributed by atoms with van der Waals surface area (Å²) in [5.74, 6) is -0.847. The van der Waals surface area contributed by atoms with Gasteiger partial charge in [0.1, 0.15) is 5.75 Å². The van der Waals surface area contributed by atoms with Crippen LogP contribution in [0.4, 0.5) is 0 Å². The summed E-state index contributed by atoms with van der Waals surface area (Å²) in [6.07, 6.45) is -1.49. The van der Waals surface area contributed by atoms with Crippen molar-refractivity contribution in [2.75, 3.05) is 13.7 Å². The summed E-state index contributed by atoms with van der Waals surface area (Å²) < 4.78 is 4.95. The van der Waals surface area contributed by atoms with E-state index in [1.807, 2.05) is 0 Å². The van der Waals surface area contributed by atoms with E-state index in [1.54, 1.807) is 24.3 Å². The molecule has 0 bridgehead atoms. The smallest absolute Gasteiger partial charge is 0.306 e. The zero-order valence-corrected chi connectivity index (χ0v) is 9.92.